The Morgan fingerprint density at radius 1 is 0.364 bits per heavy atom. The van der Waals surface area contributed by atoms with Crippen molar-refractivity contribution in [2.24, 2.45) is 0 Å². The first-order valence-electron chi connectivity index (χ1n) is 18.3. The minimum atomic E-state index is 0.592. The minimum absolute atomic E-state index is 0.592. The molecule has 254 valence electrons. The molecular formula is C50H29N5. The maximum absolute atomic E-state index is 8.37. The zero-order valence-electron chi connectivity index (χ0n) is 29.5. The molecule has 0 unspecified atom stereocenters. The summed E-state index contributed by atoms with van der Waals surface area (Å²) < 4.78 is 7.01. The van der Waals surface area contributed by atoms with Gasteiger partial charge in [-0.2, -0.15) is 0 Å². The van der Waals surface area contributed by atoms with Crippen molar-refractivity contribution in [2.45, 2.75) is 0 Å². The summed E-state index contributed by atoms with van der Waals surface area (Å²) in [4.78, 5) is 7.80. The van der Waals surface area contributed by atoms with E-state index in [1.807, 2.05) is 36.4 Å². The van der Waals surface area contributed by atoms with E-state index in [-0.39, 0.29) is 0 Å². The maximum atomic E-state index is 8.37. The summed E-state index contributed by atoms with van der Waals surface area (Å²) in [5, 5.41) is 6.89. The quantitative estimate of drug-likeness (QED) is 0.163. The van der Waals surface area contributed by atoms with Gasteiger partial charge < -0.3 is 13.7 Å². The van der Waals surface area contributed by atoms with Crippen LogP contribution in [0.5, 0.6) is 0 Å². The van der Waals surface area contributed by atoms with Gasteiger partial charge in [-0.25, -0.2) is 9.69 Å². The monoisotopic (exact) mass is 699 g/mol. The van der Waals surface area contributed by atoms with Crippen molar-refractivity contribution in [3.63, 3.8) is 0 Å². The number of fused-ring (bicyclic) bond motifs is 9. The summed E-state index contributed by atoms with van der Waals surface area (Å²) in [6.07, 6.45) is 0. The van der Waals surface area contributed by atoms with E-state index < -0.39 is 0 Å². The van der Waals surface area contributed by atoms with Gasteiger partial charge in [0.25, 0.3) is 0 Å². The summed E-state index contributed by atoms with van der Waals surface area (Å²) in [5.74, 6) is 0. The second-order valence-electron chi connectivity index (χ2n) is 13.9. The molecule has 0 spiro atoms. The molecule has 0 aliphatic carbocycles. The Hall–Kier alpha value is -7.86. The van der Waals surface area contributed by atoms with Crippen molar-refractivity contribution in [3.05, 3.63) is 199 Å². The lowest BCUT2D eigenvalue weighted by molar-refractivity contribution is 1.13. The molecular weight excluding hydrogens is 671 g/mol. The number of para-hydroxylation sites is 5. The first-order valence-corrected chi connectivity index (χ1v) is 18.3. The maximum Gasteiger partial charge on any atom is 0.196 e. The van der Waals surface area contributed by atoms with Crippen molar-refractivity contribution in [3.8, 4) is 28.2 Å². The van der Waals surface area contributed by atoms with Crippen molar-refractivity contribution in [2.75, 3.05) is 0 Å². The van der Waals surface area contributed by atoms with Crippen LogP contribution in [0.4, 0.5) is 11.4 Å². The molecule has 0 fully saturated rings. The summed E-state index contributed by atoms with van der Waals surface area (Å²) in [5.41, 5.74) is 12.7. The third-order valence-corrected chi connectivity index (χ3v) is 11.1. The predicted molar refractivity (Wildman–Crippen MR) is 227 cm³/mol. The summed E-state index contributed by atoms with van der Waals surface area (Å²) in [6.45, 7) is 16.0. The lowest BCUT2D eigenvalue weighted by atomic mass is 10.0. The molecule has 0 amide bonds. The van der Waals surface area contributed by atoms with Crippen molar-refractivity contribution >= 4 is 76.8 Å². The van der Waals surface area contributed by atoms with Crippen LogP contribution in [0.3, 0.4) is 0 Å². The molecule has 3 aromatic heterocycles. The van der Waals surface area contributed by atoms with Crippen LogP contribution in [0, 0.1) is 13.1 Å². The van der Waals surface area contributed by atoms with Gasteiger partial charge in [0.15, 0.2) is 11.4 Å². The van der Waals surface area contributed by atoms with Gasteiger partial charge in [-0.15, -0.1) is 0 Å². The van der Waals surface area contributed by atoms with Crippen LogP contribution in [0.1, 0.15) is 0 Å². The number of benzene rings is 8. The van der Waals surface area contributed by atoms with Gasteiger partial charge in [0.2, 0.25) is 0 Å². The Morgan fingerprint density at radius 3 is 1.51 bits per heavy atom. The molecule has 8 aromatic carbocycles. The van der Waals surface area contributed by atoms with E-state index in [1.54, 1.807) is 0 Å². The average Bonchev–Trinajstić information content (AvgIpc) is 3.89. The number of aromatic nitrogens is 3. The molecule has 0 atom stereocenters. The van der Waals surface area contributed by atoms with Crippen LogP contribution in [0.2, 0.25) is 0 Å². The fourth-order valence-corrected chi connectivity index (χ4v) is 8.80. The Labute approximate surface area is 316 Å². The molecule has 0 bridgehead atoms. The van der Waals surface area contributed by atoms with Crippen molar-refractivity contribution < 1.29 is 0 Å². The first-order chi connectivity index (χ1) is 27.2. The Morgan fingerprint density at radius 2 is 0.873 bits per heavy atom. The third kappa shape index (κ3) is 4.39. The highest BCUT2D eigenvalue weighted by Gasteiger charge is 2.23. The van der Waals surface area contributed by atoms with Gasteiger partial charge >= 0.3 is 0 Å². The lowest BCUT2D eigenvalue weighted by Gasteiger charge is -2.18. The molecule has 55 heavy (non-hydrogen) atoms. The molecule has 5 heteroatoms. The van der Waals surface area contributed by atoms with E-state index >= 15 is 0 Å². The summed E-state index contributed by atoms with van der Waals surface area (Å²) in [6, 6.07) is 61.3. The topological polar surface area (TPSA) is 23.5 Å². The average molecular weight is 700 g/mol. The number of nitrogens with zero attached hydrogens (tertiary/aromatic N) is 5. The second kappa shape index (κ2) is 11.8. The van der Waals surface area contributed by atoms with Crippen LogP contribution in [-0.4, -0.2) is 13.7 Å². The molecule has 11 rings (SSSR count). The highest BCUT2D eigenvalue weighted by molar-refractivity contribution is 6.16. The molecule has 5 nitrogen and oxygen atoms in total. The van der Waals surface area contributed by atoms with Gasteiger partial charge in [-0.05, 0) is 71.6 Å². The summed E-state index contributed by atoms with van der Waals surface area (Å²) >= 11 is 0. The number of hydrogen-bond donors (Lipinski definition) is 0. The SMILES string of the molecule is [C-]#[N+]c1ccc2c(c1)c1ccccc1n2-c1ccc(-c2c([N+]#[C-])cccc2-n2c3ccccc3c3cccc(-n4c5ccccc5c5ccccc54)c32)cc1. The molecule has 0 saturated carbocycles. The zero-order chi connectivity index (χ0) is 36.6. The van der Waals surface area contributed by atoms with Crippen LogP contribution >= 0.6 is 0 Å². The van der Waals surface area contributed by atoms with Crippen LogP contribution in [-0.2, 0) is 0 Å². The van der Waals surface area contributed by atoms with E-state index in [4.69, 9.17) is 13.1 Å². The largest absolute Gasteiger partial charge is 0.309 e. The Bertz CT molecular complexity index is 3400. The fraction of sp³-hybridized carbons (Fsp3) is 0. The highest BCUT2D eigenvalue weighted by Crippen LogP contribution is 2.44. The molecule has 11 aromatic rings. The predicted octanol–water partition coefficient (Wildman–Crippen LogP) is 13.7. The normalized spacial score (nSPS) is 11.6. The number of rotatable bonds is 4. The highest BCUT2D eigenvalue weighted by atomic mass is 15.1. The van der Waals surface area contributed by atoms with E-state index in [1.165, 1.54) is 10.8 Å². The number of hydrogen-bond acceptors (Lipinski definition) is 0. The molecule has 3 heterocycles. The fourth-order valence-electron chi connectivity index (χ4n) is 8.80. The minimum Gasteiger partial charge on any atom is -0.309 e. The van der Waals surface area contributed by atoms with E-state index in [2.05, 4.69) is 163 Å². The summed E-state index contributed by atoms with van der Waals surface area (Å²) in [7, 11) is 0. The van der Waals surface area contributed by atoms with Crippen molar-refractivity contribution in [1.82, 2.24) is 13.7 Å². The van der Waals surface area contributed by atoms with Gasteiger partial charge in [-0.1, -0.05) is 115 Å². The zero-order valence-corrected chi connectivity index (χ0v) is 29.5. The first kappa shape index (κ1) is 30.7. The molecule has 0 N–H and O–H groups in total. The van der Waals surface area contributed by atoms with E-state index in [9.17, 15) is 0 Å². The van der Waals surface area contributed by atoms with Gasteiger partial charge in [0.1, 0.15) is 0 Å². The second-order valence-corrected chi connectivity index (χ2v) is 13.9. The van der Waals surface area contributed by atoms with E-state index in [0.717, 1.165) is 82.8 Å². The Balaban J connectivity index is 1.17. The molecule has 0 saturated heterocycles. The van der Waals surface area contributed by atoms with Crippen molar-refractivity contribution in [1.29, 1.82) is 0 Å². The van der Waals surface area contributed by atoms with Crippen LogP contribution < -0.4 is 0 Å². The van der Waals surface area contributed by atoms with Gasteiger partial charge in [-0.3, -0.25) is 0 Å². The standard InChI is InChI=1S/C50H29N5/c1-51-33-27-30-46-40(31-33)38-16-6-7-19-42(38)53(46)34-28-25-32(26-29-34)49-41(52-2)18-12-23-47(49)55-45-22-10-5-15-37(45)39-17-11-24-48(50(39)55)54-43-20-8-3-13-35(43)36-14-4-9-21-44(36)54/h3-31H. The van der Waals surface area contributed by atoms with Crippen LogP contribution in [0.15, 0.2) is 176 Å². The lowest BCUT2D eigenvalue weighted by Crippen LogP contribution is -2.02. The molecule has 0 aliphatic rings. The van der Waals surface area contributed by atoms with Crippen LogP contribution in [0.25, 0.3) is 103 Å². The Kier molecular flexibility index (Phi) is 6.61. The molecule has 0 radical (unpaired) electrons. The third-order valence-electron chi connectivity index (χ3n) is 11.1. The molecule has 0 aliphatic heterocycles. The van der Waals surface area contributed by atoms with E-state index in [0.29, 0.717) is 11.4 Å². The van der Waals surface area contributed by atoms with Gasteiger partial charge in [0.05, 0.1) is 51.9 Å². The van der Waals surface area contributed by atoms with Gasteiger partial charge in [0, 0.05) is 43.9 Å². The smallest absolute Gasteiger partial charge is 0.196 e.